The molecule has 2 heterocycles. The summed E-state index contributed by atoms with van der Waals surface area (Å²) in [4.78, 5) is 25.8. The summed E-state index contributed by atoms with van der Waals surface area (Å²) < 4.78 is 1.74. The molecule has 10 heteroatoms. The zero-order valence-corrected chi connectivity index (χ0v) is 22.1. The number of aliphatic hydroxyl groups is 2. The summed E-state index contributed by atoms with van der Waals surface area (Å²) in [5.74, 6) is -0.311. The largest absolute Gasteiger partial charge is 0.390 e. The molecule has 2 aliphatic rings. The van der Waals surface area contributed by atoms with Crippen LogP contribution in [0.3, 0.4) is 0 Å². The van der Waals surface area contributed by atoms with E-state index in [1.807, 2.05) is 36.4 Å². The number of nitrogens with zero attached hydrogens (tertiary/aromatic N) is 4. The Morgan fingerprint density at radius 3 is 2.26 bits per heavy atom. The molecule has 2 aliphatic carbocycles. The number of anilines is 1. The quantitative estimate of drug-likeness (QED) is 0.247. The third-order valence-corrected chi connectivity index (χ3v) is 8.90. The van der Waals surface area contributed by atoms with Gasteiger partial charge in [0.1, 0.15) is 6.10 Å². The second kappa shape index (κ2) is 10.2. The number of benzene rings is 2. The lowest BCUT2D eigenvalue weighted by Gasteiger charge is -2.45. The van der Waals surface area contributed by atoms with Crippen LogP contribution in [-0.4, -0.2) is 54.4 Å². The van der Waals surface area contributed by atoms with Gasteiger partial charge in [-0.05, 0) is 42.0 Å². The first-order valence-corrected chi connectivity index (χ1v) is 13.7. The number of halogens is 1. The lowest BCUT2D eigenvalue weighted by molar-refractivity contribution is -0.142. The Morgan fingerprint density at radius 1 is 1.05 bits per heavy atom. The predicted octanol–water partition coefficient (Wildman–Crippen LogP) is 3.66. The Hall–Kier alpha value is -3.53. The summed E-state index contributed by atoms with van der Waals surface area (Å²) in [6, 6.07) is 19.9. The van der Waals surface area contributed by atoms with Crippen molar-refractivity contribution >= 4 is 34.5 Å². The molecule has 0 spiro atoms. The van der Waals surface area contributed by atoms with Gasteiger partial charge >= 0.3 is 0 Å². The van der Waals surface area contributed by atoms with Crippen LogP contribution in [0, 0.1) is 11.3 Å². The van der Waals surface area contributed by atoms with Crippen LogP contribution in [0.1, 0.15) is 48.8 Å². The van der Waals surface area contributed by atoms with E-state index < -0.39 is 35.5 Å². The zero-order valence-electron chi connectivity index (χ0n) is 21.3. The van der Waals surface area contributed by atoms with Gasteiger partial charge in [-0.15, -0.1) is 0 Å². The Morgan fingerprint density at radius 2 is 1.69 bits per heavy atom. The Kier molecular flexibility index (Phi) is 6.74. The third kappa shape index (κ3) is 4.44. The SMILES string of the molecule is NC(=O)C1([C@@H]2C[C@@H](n3cnc4c(NCC(c5ccccc5)c5ccccc5)nc(Cl)nc43)[C@H](O)[C@@H]2O)CCC1. The van der Waals surface area contributed by atoms with Gasteiger partial charge in [0.05, 0.1) is 23.9 Å². The minimum atomic E-state index is -1.10. The fourth-order valence-electron chi connectivity index (χ4n) is 6.45. The monoisotopic (exact) mass is 546 g/mol. The first-order valence-electron chi connectivity index (χ1n) is 13.3. The van der Waals surface area contributed by atoms with E-state index >= 15 is 0 Å². The Labute approximate surface area is 231 Å². The molecule has 5 N–H and O–H groups in total. The second-order valence-electron chi connectivity index (χ2n) is 10.7. The van der Waals surface area contributed by atoms with Crippen molar-refractivity contribution in [2.75, 3.05) is 11.9 Å². The topological polar surface area (TPSA) is 139 Å². The Bertz CT molecular complexity index is 1440. The van der Waals surface area contributed by atoms with Crippen molar-refractivity contribution < 1.29 is 15.0 Å². The summed E-state index contributed by atoms with van der Waals surface area (Å²) in [6.07, 6.45) is 1.92. The van der Waals surface area contributed by atoms with Crippen LogP contribution in [-0.2, 0) is 4.79 Å². The molecule has 0 saturated heterocycles. The average Bonchev–Trinajstić information content (AvgIpc) is 3.45. The number of aromatic nitrogens is 4. The van der Waals surface area contributed by atoms with E-state index in [0.717, 1.165) is 17.5 Å². The minimum Gasteiger partial charge on any atom is -0.390 e. The number of primary amides is 1. The summed E-state index contributed by atoms with van der Waals surface area (Å²) in [7, 11) is 0. The van der Waals surface area contributed by atoms with E-state index in [9.17, 15) is 15.0 Å². The van der Waals surface area contributed by atoms with Crippen LogP contribution >= 0.6 is 11.6 Å². The van der Waals surface area contributed by atoms with Crippen LogP contribution in [0.5, 0.6) is 0 Å². The van der Waals surface area contributed by atoms with Gasteiger partial charge in [0, 0.05) is 18.4 Å². The minimum absolute atomic E-state index is 0.0416. The number of hydrogen-bond donors (Lipinski definition) is 4. The van der Waals surface area contributed by atoms with Gasteiger partial charge < -0.3 is 25.8 Å². The number of imidazole rings is 1. The summed E-state index contributed by atoms with van der Waals surface area (Å²) in [6.45, 7) is 0.539. The van der Waals surface area contributed by atoms with Gasteiger partial charge in [-0.25, -0.2) is 4.98 Å². The zero-order chi connectivity index (χ0) is 27.1. The number of hydrogen-bond acceptors (Lipinski definition) is 7. The molecule has 2 aromatic carbocycles. The molecule has 0 unspecified atom stereocenters. The summed E-state index contributed by atoms with van der Waals surface area (Å²) in [5.41, 5.74) is 8.26. The van der Waals surface area contributed by atoms with Crippen molar-refractivity contribution in [3.05, 3.63) is 83.4 Å². The fourth-order valence-corrected chi connectivity index (χ4v) is 6.61. The van der Waals surface area contributed by atoms with Crippen LogP contribution < -0.4 is 11.1 Å². The highest BCUT2D eigenvalue weighted by molar-refractivity contribution is 6.28. The molecule has 4 aromatic rings. The molecule has 202 valence electrons. The number of nitrogens with two attached hydrogens (primary N) is 1. The number of aliphatic hydroxyl groups excluding tert-OH is 2. The lowest BCUT2D eigenvalue weighted by Crippen LogP contribution is -2.51. The maximum absolute atomic E-state index is 12.3. The lowest BCUT2D eigenvalue weighted by atomic mass is 9.59. The molecule has 9 nitrogen and oxygen atoms in total. The van der Waals surface area contributed by atoms with Crippen molar-refractivity contribution in [2.45, 2.75) is 49.9 Å². The normalized spacial score (nSPS) is 24.1. The Balaban J connectivity index is 1.30. The van der Waals surface area contributed by atoms with E-state index in [1.54, 1.807) is 10.9 Å². The van der Waals surface area contributed by atoms with Crippen LogP contribution in [0.25, 0.3) is 11.2 Å². The fraction of sp³-hybridized carbons (Fsp3) is 0.379. The van der Waals surface area contributed by atoms with E-state index in [2.05, 4.69) is 44.5 Å². The molecule has 0 radical (unpaired) electrons. The summed E-state index contributed by atoms with van der Waals surface area (Å²) >= 11 is 6.37. The van der Waals surface area contributed by atoms with Crippen molar-refractivity contribution in [2.24, 2.45) is 17.1 Å². The molecule has 0 aliphatic heterocycles. The van der Waals surface area contributed by atoms with Crippen LogP contribution in [0.15, 0.2) is 67.0 Å². The molecular weight excluding hydrogens is 516 g/mol. The third-order valence-electron chi connectivity index (χ3n) is 8.73. The van der Waals surface area contributed by atoms with Crippen molar-refractivity contribution in [1.29, 1.82) is 0 Å². The first kappa shape index (κ1) is 25.7. The molecule has 0 bridgehead atoms. The standard InChI is InChI=1S/C29H31ClN6O3/c30-28-34-25(32-15-19(17-8-3-1-4-9-17)18-10-5-2-6-11-18)22-26(35-28)36(16-33-22)21-14-20(23(37)24(21)38)29(27(31)39)12-7-13-29/h1-6,8-11,16,19-21,23-24,37-38H,7,12-15H2,(H2,31,39)(H,32,34,35)/t20-,21-,23-,24+/m1/s1. The molecular formula is C29H31ClN6O3. The molecule has 2 fully saturated rings. The van der Waals surface area contributed by atoms with Gasteiger partial charge in [0.15, 0.2) is 17.0 Å². The van der Waals surface area contributed by atoms with Crippen LogP contribution in [0.4, 0.5) is 5.82 Å². The van der Waals surface area contributed by atoms with Gasteiger partial charge in [-0.3, -0.25) is 4.79 Å². The van der Waals surface area contributed by atoms with Gasteiger partial charge in [-0.1, -0.05) is 67.1 Å². The predicted molar refractivity (Wildman–Crippen MR) is 148 cm³/mol. The van der Waals surface area contributed by atoms with Crippen LogP contribution in [0.2, 0.25) is 5.28 Å². The maximum Gasteiger partial charge on any atom is 0.226 e. The molecule has 2 saturated carbocycles. The van der Waals surface area contributed by atoms with Crippen molar-refractivity contribution in [3.8, 4) is 0 Å². The summed E-state index contributed by atoms with van der Waals surface area (Å²) in [5, 5.41) is 25.5. The molecule has 4 atom stereocenters. The van der Waals surface area contributed by atoms with Gasteiger partial charge in [0.2, 0.25) is 11.2 Å². The number of nitrogens with one attached hydrogen (secondary N) is 1. The van der Waals surface area contributed by atoms with Gasteiger partial charge in [0.25, 0.3) is 0 Å². The molecule has 39 heavy (non-hydrogen) atoms. The van der Waals surface area contributed by atoms with Gasteiger partial charge in [-0.2, -0.15) is 9.97 Å². The molecule has 1 amide bonds. The number of fused-ring (bicyclic) bond motifs is 1. The van der Waals surface area contributed by atoms with E-state index in [0.29, 0.717) is 42.8 Å². The average molecular weight is 547 g/mol. The van der Waals surface area contributed by atoms with E-state index in [1.165, 1.54) is 0 Å². The highest BCUT2D eigenvalue weighted by atomic mass is 35.5. The smallest absolute Gasteiger partial charge is 0.226 e. The van der Waals surface area contributed by atoms with Crippen molar-refractivity contribution in [3.63, 3.8) is 0 Å². The number of carbonyl (C=O) groups excluding carboxylic acids is 1. The van der Waals surface area contributed by atoms with E-state index in [4.69, 9.17) is 17.3 Å². The first-order chi connectivity index (χ1) is 18.9. The molecule has 2 aromatic heterocycles. The number of amides is 1. The maximum atomic E-state index is 12.3. The van der Waals surface area contributed by atoms with Crippen molar-refractivity contribution in [1.82, 2.24) is 19.5 Å². The van der Waals surface area contributed by atoms with E-state index in [-0.39, 0.29) is 11.2 Å². The highest BCUT2D eigenvalue weighted by Gasteiger charge is 2.57. The number of carbonyl (C=O) groups is 1. The second-order valence-corrected chi connectivity index (χ2v) is 11.0. The highest BCUT2D eigenvalue weighted by Crippen LogP contribution is 2.55. The molecule has 6 rings (SSSR count). The number of rotatable bonds is 8.